The van der Waals surface area contributed by atoms with Gasteiger partial charge in [-0.1, -0.05) is 27.5 Å². The highest BCUT2D eigenvalue weighted by molar-refractivity contribution is 9.10. The Morgan fingerprint density at radius 1 is 1.14 bits per heavy atom. The Kier molecular flexibility index (Phi) is 6.99. The topological polar surface area (TPSA) is 46.1 Å². The molecule has 1 aliphatic heterocycles. The summed E-state index contributed by atoms with van der Waals surface area (Å²) in [5, 5.41) is 2.75. The Hall–Kier alpha value is -1.60. The van der Waals surface area contributed by atoms with Crippen molar-refractivity contribution in [2.24, 2.45) is 4.99 Å². The largest absolute Gasteiger partial charge is 0.457 e. The van der Waals surface area contributed by atoms with Crippen molar-refractivity contribution in [3.8, 4) is 11.5 Å². The quantitative estimate of drug-likeness (QED) is 0.448. The lowest BCUT2D eigenvalue weighted by molar-refractivity contribution is -0.0760. The molecule has 0 radical (unpaired) electrons. The van der Waals surface area contributed by atoms with Gasteiger partial charge in [-0.05, 0) is 69.2 Å². The second kappa shape index (κ2) is 9.27. The van der Waals surface area contributed by atoms with Gasteiger partial charge >= 0.3 is 0 Å². The lowest BCUT2D eigenvalue weighted by Gasteiger charge is -2.34. The van der Waals surface area contributed by atoms with Crippen molar-refractivity contribution in [1.82, 2.24) is 10.4 Å². The van der Waals surface area contributed by atoms with Crippen molar-refractivity contribution in [3.05, 3.63) is 51.0 Å². The van der Waals surface area contributed by atoms with Crippen LogP contribution in [0.4, 0.5) is 5.69 Å². The molecule has 150 valence electrons. The zero-order chi connectivity index (χ0) is 20.3. The van der Waals surface area contributed by atoms with Gasteiger partial charge in [0.2, 0.25) is 0 Å². The van der Waals surface area contributed by atoms with E-state index >= 15 is 0 Å². The number of halogens is 2. The fourth-order valence-electron chi connectivity index (χ4n) is 3.20. The summed E-state index contributed by atoms with van der Waals surface area (Å²) in [6, 6.07) is 9.53. The molecule has 2 atom stereocenters. The van der Waals surface area contributed by atoms with Crippen molar-refractivity contribution in [2.45, 2.75) is 39.9 Å². The minimum absolute atomic E-state index is 0.205. The number of hydrogen-bond donors (Lipinski definition) is 1. The molecule has 1 aliphatic rings. The molecule has 7 heteroatoms. The van der Waals surface area contributed by atoms with Crippen molar-refractivity contribution in [2.75, 3.05) is 13.1 Å². The van der Waals surface area contributed by atoms with Crippen molar-refractivity contribution in [1.29, 1.82) is 0 Å². The van der Waals surface area contributed by atoms with E-state index in [1.165, 1.54) is 0 Å². The molecule has 5 nitrogen and oxygen atoms in total. The zero-order valence-electron chi connectivity index (χ0n) is 16.5. The van der Waals surface area contributed by atoms with Crippen LogP contribution in [0.2, 0.25) is 5.02 Å². The molecule has 3 rings (SSSR count). The Labute approximate surface area is 179 Å². The molecule has 1 fully saturated rings. The first-order valence-electron chi connectivity index (χ1n) is 9.24. The SMILES string of the molecule is Cc1cc(Oc2cc(Cl)cc(Br)c2)c(C)cc1N=CNN1CC(C)OC(C)C1. The predicted molar refractivity (Wildman–Crippen MR) is 118 cm³/mol. The molecule has 2 aromatic carbocycles. The highest BCUT2D eigenvalue weighted by atomic mass is 79.9. The molecule has 0 bridgehead atoms. The van der Waals surface area contributed by atoms with E-state index in [4.69, 9.17) is 21.1 Å². The van der Waals surface area contributed by atoms with Crippen LogP contribution in [0, 0.1) is 13.8 Å². The van der Waals surface area contributed by atoms with Gasteiger partial charge in [-0.2, -0.15) is 0 Å². The summed E-state index contributed by atoms with van der Waals surface area (Å²) in [6.07, 6.45) is 2.15. The molecule has 0 spiro atoms. The first-order chi connectivity index (χ1) is 13.3. The van der Waals surface area contributed by atoms with E-state index in [9.17, 15) is 0 Å². The number of ether oxygens (including phenoxy) is 2. The number of morpholine rings is 1. The molecular formula is C21H25BrClN3O2. The summed E-state index contributed by atoms with van der Waals surface area (Å²) in [7, 11) is 0. The number of nitrogens with one attached hydrogen (secondary N) is 1. The average Bonchev–Trinajstić information content (AvgIpc) is 2.57. The maximum Gasteiger partial charge on any atom is 0.130 e. The maximum absolute atomic E-state index is 6.10. The minimum Gasteiger partial charge on any atom is -0.457 e. The maximum atomic E-state index is 6.10. The van der Waals surface area contributed by atoms with Crippen molar-refractivity contribution >= 4 is 39.6 Å². The van der Waals surface area contributed by atoms with Crippen molar-refractivity contribution in [3.63, 3.8) is 0 Å². The fourth-order valence-corrected chi connectivity index (χ4v) is 4.03. The second-order valence-electron chi connectivity index (χ2n) is 7.16. The number of nitrogens with zero attached hydrogens (tertiary/aromatic N) is 2. The van der Waals surface area contributed by atoms with E-state index in [0.29, 0.717) is 10.8 Å². The van der Waals surface area contributed by atoms with Crippen LogP contribution in [0.5, 0.6) is 11.5 Å². The third-order valence-corrected chi connectivity index (χ3v) is 5.10. The molecule has 28 heavy (non-hydrogen) atoms. The van der Waals surface area contributed by atoms with E-state index in [0.717, 1.165) is 40.1 Å². The number of hydrazine groups is 1. The monoisotopic (exact) mass is 465 g/mol. The number of aliphatic imine (C=N–C) groups is 1. The van der Waals surface area contributed by atoms with Crippen LogP contribution in [0.15, 0.2) is 39.8 Å². The standard InChI is InChI=1S/C21H25BrClN3O2/c1-13-6-21(28-19-8-17(22)7-18(23)9-19)14(2)5-20(13)24-12-25-26-10-15(3)27-16(4)11-26/h5-9,12,15-16H,10-11H2,1-4H3,(H,24,25). The first kappa shape index (κ1) is 21.1. The van der Waals surface area contributed by atoms with E-state index < -0.39 is 0 Å². The molecular weight excluding hydrogens is 442 g/mol. The zero-order valence-corrected chi connectivity index (χ0v) is 18.8. The summed E-state index contributed by atoms with van der Waals surface area (Å²) >= 11 is 9.54. The molecule has 1 saturated heterocycles. The summed E-state index contributed by atoms with van der Waals surface area (Å²) in [6.45, 7) is 9.84. The van der Waals surface area contributed by atoms with Gasteiger partial charge in [0.15, 0.2) is 0 Å². The van der Waals surface area contributed by atoms with Gasteiger partial charge in [-0.15, -0.1) is 0 Å². The van der Waals surface area contributed by atoms with Gasteiger partial charge in [-0.25, -0.2) is 10.0 Å². The van der Waals surface area contributed by atoms with Gasteiger partial charge in [0, 0.05) is 22.6 Å². The molecule has 0 aromatic heterocycles. The molecule has 2 aromatic rings. The lowest BCUT2D eigenvalue weighted by atomic mass is 10.1. The number of hydrogen-bond acceptors (Lipinski definition) is 4. The van der Waals surface area contributed by atoms with Gasteiger partial charge < -0.3 is 14.9 Å². The Morgan fingerprint density at radius 3 is 2.54 bits per heavy atom. The third-order valence-electron chi connectivity index (χ3n) is 4.42. The molecule has 2 unspecified atom stereocenters. The first-order valence-corrected chi connectivity index (χ1v) is 10.4. The lowest BCUT2D eigenvalue weighted by Crippen LogP contribution is -2.51. The van der Waals surface area contributed by atoms with Gasteiger partial charge in [0.25, 0.3) is 0 Å². The van der Waals surface area contributed by atoms with Crippen LogP contribution in [-0.2, 0) is 4.74 Å². The number of aryl methyl sites for hydroxylation is 2. The Morgan fingerprint density at radius 2 is 1.86 bits per heavy atom. The van der Waals surface area contributed by atoms with Crippen LogP contribution >= 0.6 is 27.5 Å². The molecule has 1 heterocycles. The number of benzene rings is 2. The summed E-state index contributed by atoms with van der Waals surface area (Å²) < 4.78 is 12.6. The van der Waals surface area contributed by atoms with Gasteiger partial charge in [0.05, 0.1) is 17.9 Å². The Bertz CT molecular complexity index is 845. The smallest absolute Gasteiger partial charge is 0.130 e. The van der Waals surface area contributed by atoms with Crippen LogP contribution in [0.1, 0.15) is 25.0 Å². The van der Waals surface area contributed by atoms with Crippen LogP contribution in [0.25, 0.3) is 0 Å². The van der Waals surface area contributed by atoms with E-state index in [1.54, 1.807) is 12.4 Å². The van der Waals surface area contributed by atoms with Crippen LogP contribution < -0.4 is 10.2 Å². The van der Waals surface area contributed by atoms with E-state index in [2.05, 4.69) is 45.2 Å². The highest BCUT2D eigenvalue weighted by Crippen LogP contribution is 2.33. The van der Waals surface area contributed by atoms with Gasteiger partial charge in [-0.3, -0.25) is 0 Å². The summed E-state index contributed by atoms with van der Waals surface area (Å²) in [5.41, 5.74) is 6.19. The normalized spacial score (nSPS) is 20.5. The van der Waals surface area contributed by atoms with Crippen LogP contribution in [0.3, 0.4) is 0 Å². The average molecular weight is 467 g/mol. The molecule has 1 N–H and O–H groups in total. The molecule has 0 aliphatic carbocycles. The second-order valence-corrected chi connectivity index (χ2v) is 8.51. The van der Waals surface area contributed by atoms with E-state index in [1.807, 2.05) is 38.1 Å². The third kappa shape index (κ3) is 5.70. The summed E-state index contributed by atoms with van der Waals surface area (Å²) in [4.78, 5) is 4.58. The molecule has 0 saturated carbocycles. The van der Waals surface area contributed by atoms with Crippen LogP contribution in [-0.4, -0.2) is 36.6 Å². The molecule has 0 amide bonds. The highest BCUT2D eigenvalue weighted by Gasteiger charge is 2.21. The predicted octanol–water partition coefficient (Wildman–Crippen LogP) is 5.79. The summed E-state index contributed by atoms with van der Waals surface area (Å²) in [5.74, 6) is 1.48. The fraction of sp³-hybridized carbons (Fsp3) is 0.381. The van der Waals surface area contributed by atoms with Gasteiger partial charge in [0.1, 0.15) is 17.8 Å². The number of rotatable bonds is 5. The van der Waals surface area contributed by atoms with E-state index in [-0.39, 0.29) is 12.2 Å². The minimum atomic E-state index is 0.205. The van der Waals surface area contributed by atoms with Crippen molar-refractivity contribution < 1.29 is 9.47 Å². The Balaban J connectivity index is 1.69.